The maximum Gasteiger partial charge on any atom is 0.174 e. The van der Waals surface area contributed by atoms with E-state index < -0.39 is 0 Å². The van der Waals surface area contributed by atoms with Crippen LogP contribution in [-0.4, -0.2) is 38.5 Å². The largest absolute Gasteiger partial charge is 0.354 e. The Morgan fingerprint density at radius 1 is 1.39 bits per heavy atom. The molecule has 4 nitrogen and oxygen atoms in total. The van der Waals surface area contributed by atoms with E-state index in [1.165, 1.54) is 11.5 Å². The number of benzene rings is 1. The van der Waals surface area contributed by atoms with Crippen molar-refractivity contribution in [2.24, 2.45) is 0 Å². The fraction of sp³-hybridized carbons (Fsp3) is 0.417. The highest BCUT2D eigenvalue weighted by molar-refractivity contribution is 7.13. The smallest absolute Gasteiger partial charge is 0.174 e. The third-order valence-electron chi connectivity index (χ3n) is 2.74. The molecule has 0 fully saturated rings. The molecule has 0 aliphatic heterocycles. The standard InChI is InChI=1S/C12H15ClN2O2S/c1-15(7-10(16-2)17-3)12-11-8(13)5-4-6-9(11)18-14-12/h4-6,10H,7H2,1-3H3. The Morgan fingerprint density at radius 3 is 2.78 bits per heavy atom. The highest BCUT2D eigenvalue weighted by Gasteiger charge is 2.16. The molecule has 0 aliphatic rings. The second kappa shape index (κ2) is 5.84. The van der Waals surface area contributed by atoms with Crippen molar-refractivity contribution in [3.63, 3.8) is 0 Å². The lowest BCUT2D eigenvalue weighted by Gasteiger charge is -2.22. The van der Waals surface area contributed by atoms with Crippen LogP contribution in [0.1, 0.15) is 0 Å². The van der Waals surface area contributed by atoms with Crippen molar-refractivity contribution in [1.29, 1.82) is 0 Å². The summed E-state index contributed by atoms with van der Waals surface area (Å²) in [5.41, 5.74) is 0. The zero-order valence-electron chi connectivity index (χ0n) is 10.5. The lowest BCUT2D eigenvalue weighted by Crippen LogP contribution is -2.31. The molecule has 0 atom stereocenters. The molecule has 1 heterocycles. The van der Waals surface area contributed by atoms with E-state index in [0.29, 0.717) is 6.54 Å². The quantitative estimate of drug-likeness (QED) is 0.792. The lowest BCUT2D eigenvalue weighted by atomic mass is 10.2. The van der Waals surface area contributed by atoms with Crippen molar-refractivity contribution in [3.8, 4) is 0 Å². The SMILES string of the molecule is COC(CN(C)c1nsc2cccc(Cl)c12)OC. The molecule has 0 saturated carbocycles. The number of hydrogen-bond acceptors (Lipinski definition) is 5. The summed E-state index contributed by atoms with van der Waals surface area (Å²) in [6.45, 7) is 0.594. The minimum Gasteiger partial charge on any atom is -0.354 e. The van der Waals surface area contributed by atoms with Crippen LogP contribution in [0.4, 0.5) is 5.82 Å². The van der Waals surface area contributed by atoms with Crippen LogP contribution in [0, 0.1) is 0 Å². The molecule has 1 aromatic heterocycles. The third-order valence-corrected chi connectivity index (χ3v) is 3.86. The number of rotatable bonds is 5. The summed E-state index contributed by atoms with van der Waals surface area (Å²) in [6.07, 6.45) is -0.283. The van der Waals surface area contributed by atoms with Crippen LogP contribution in [0.2, 0.25) is 5.02 Å². The average Bonchev–Trinajstić information content (AvgIpc) is 2.81. The van der Waals surface area contributed by atoms with E-state index in [-0.39, 0.29) is 6.29 Å². The number of halogens is 1. The second-order valence-corrected chi connectivity index (χ2v) is 5.11. The number of hydrogen-bond donors (Lipinski definition) is 0. The minimum absolute atomic E-state index is 0.283. The molecule has 0 saturated heterocycles. The molecule has 0 spiro atoms. The summed E-state index contributed by atoms with van der Waals surface area (Å²) in [5.74, 6) is 0.861. The van der Waals surface area contributed by atoms with Gasteiger partial charge in [0.15, 0.2) is 12.1 Å². The highest BCUT2D eigenvalue weighted by atomic mass is 35.5. The number of methoxy groups -OCH3 is 2. The molecular formula is C12H15ClN2O2S. The Hall–Kier alpha value is -0.880. The molecule has 6 heteroatoms. The average molecular weight is 287 g/mol. The van der Waals surface area contributed by atoms with Gasteiger partial charge in [-0.3, -0.25) is 0 Å². The van der Waals surface area contributed by atoms with Gasteiger partial charge in [0.2, 0.25) is 0 Å². The van der Waals surface area contributed by atoms with E-state index in [1.807, 2.05) is 30.1 Å². The second-order valence-electron chi connectivity index (χ2n) is 3.90. The van der Waals surface area contributed by atoms with E-state index in [1.54, 1.807) is 14.2 Å². The molecule has 0 bridgehead atoms. The maximum atomic E-state index is 6.23. The monoisotopic (exact) mass is 286 g/mol. The van der Waals surface area contributed by atoms with E-state index in [2.05, 4.69) is 4.37 Å². The van der Waals surface area contributed by atoms with Gasteiger partial charge in [-0.25, -0.2) is 0 Å². The van der Waals surface area contributed by atoms with Crippen molar-refractivity contribution in [3.05, 3.63) is 23.2 Å². The van der Waals surface area contributed by atoms with Crippen molar-refractivity contribution in [2.75, 3.05) is 32.7 Å². The first-order chi connectivity index (χ1) is 8.67. The van der Waals surface area contributed by atoms with Gasteiger partial charge in [0.1, 0.15) is 0 Å². The summed E-state index contributed by atoms with van der Waals surface area (Å²) in [4.78, 5) is 1.99. The van der Waals surface area contributed by atoms with E-state index in [9.17, 15) is 0 Å². The van der Waals surface area contributed by atoms with Gasteiger partial charge in [-0.05, 0) is 23.7 Å². The van der Waals surface area contributed by atoms with Gasteiger partial charge >= 0.3 is 0 Å². The van der Waals surface area contributed by atoms with Crippen molar-refractivity contribution >= 4 is 39.0 Å². The van der Waals surface area contributed by atoms with Gasteiger partial charge in [0.05, 0.1) is 21.7 Å². The van der Waals surface area contributed by atoms with Crippen molar-refractivity contribution in [2.45, 2.75) is 6.29 Å². The lowest BCUT2D eigenvalue weighted by molar-refractivity contribution is -0.0944. The van der Waals surface area contributed by atoms with Gasteiger partial charge in [0, 0.05) is 21.3 Å². The number of likely N-dealkylation sites (N-methyl/N-ethyl adjacent to an activating group) is 1. The first kappa shape index (κ1) is 13.5. The molecule has 1 aromatic carbocycles. The fourth-order valence-corrected chi connectivity index (χ4v) is 2.91. The summed E-state index contributed by atoms with van der Waals surface area (Å²) in [5, 5.41) is 1.70. The molecule has 0 N–H and O–H groups in total. The van der Waals surface area contributed by atoms with Gasteiger partial charge in [-0.15, -0.1) is 0 Å². The molecule has 2 rings (SSSR count). The van der Waals surface area contributed by atoms with Crippen LogP contribution >= 0.6 is 23.1 Å². The molecule has 0 aliphatic carbocycles. The summed E-state index contributed by atoms with van der Waals surface area (Å²) >= 11 is 7.67. The van der Waals surface area contributed by atoms with Crippen LogP contribution in [0.3, 0.4) is 0 Å². The Bertz CT molecular complexity index is 528. The van der Waals surface area contributed by atoms with Crippen LogP contribution in [0.25, 0.3) is 10.1 Å². The highest BCUT2D eigenvalue weighted by Crippen LogP contribution is 2.34. The van der Waals surface area contributed by atoms with E-state index in [0.717, 1.165) is 20.9 Å². The Labute approximate surface area is 115 Å². The number of ether oxygens (including phenoxy) is 2. The van der Waals surface area contributed by atoms with Gasteiger partial charge in [-0.1, -0.05) is 17.7 Å². The molecule has 2 aromatic rings. The summed E-state index contributed by atoms with van der Waals surface area (Å²) in [6, 6.07) is 5.82. The number of aromatic nitrogens is 1. The van der Waals surface area contributed by atoms with Crippen molar-refractivity contribution in [1.82, 2.24) is 4.37 Å². The maximum absolute atomic E-state index is 6.23. The van der Waals surface area contributed by atoms with Crippen molar-refractivity contribution < 1.29 is 9.47 Å². The first-order valence-corrected chi connectivity index (χ1v) is 6.63. The minimum atomic E-state index is -0.283. The van der Waals surface area contributed by atoms with Gasteiger partial charge < -0.3 is 14.4 Å². The van der Waals surface area contributed by atoms with Gasteiger partial charge in [0.25, 0.3) is 0 Å². The Kier molecular flexibility index (Phi) is 4.40. The Balaban J connectivity index is 2.30. The molecule has 0 radical (unpaired) electrons. The number of fused-ring (bicyclic) bond motifs is 1. The summed E-state index contributed by atoms with van der Waals surface area (Å²) in [7, 11) is 5.19. The molecule has 98 valence electrons. The van der Waals surface area contributed by atoms with Crippen LogP contribution in [0.15, 0.2) is 18.2 Å². The number of nitrogens with zero attached hydrogens (tertiary/aromatic N) is 2. The zero-order valence-corrected chi connectivity index (χ0v) is 12.1. The molecule has 18 heavy (non-hydrogen) atoms. The fourth-order valence-electron chi connectivity index (χ4n) is 1.75. The zero-order chi connectivity index (χ0) is 13.1. The third kappa shape index (κ3) is 2.59. The molecular weight excluding hydrogens is 272 g/mol. The van der Waals surface area contributed by atoms with Gasteiger partial charge in [-0.2, -0.15) is 4.37 Å². The topological polar surface area (TPSA) is 34.6 Å². The molecule has 0 unspecified atom stereocenters. The summed E-state index contributed by atoms with van der Waals surface area (Å²) < 4.78 is 15.9. The van der Waals surface area contributed by atoms with Crippen LogP contribution in [0.5, 0.6) is 0 Å². The van der Waals surface area contributed by atoms with E-state index in [4.69, 9.17) is 21.1 Å². The predicted octanol–water partition coefficient (Wildman–Crippen LogP) is 3.00. The molecule has 0 amide bonds. The Morgan fingerprint density at radius 2 is 2.11 bits per heavy atom. The number of anilines is 1. The normalized spacial score (nSPS) is 11.4. The van der Waals surface area contributed by atoms with Crippen LogP contribution < -0.4 is 4.90 Å². The van der Waals surface area contributed by atoms with E-state index >= 15 is 0 Å². The predicted molar refractivity (Wildman–Crippen MR) is 75.7 cm³/mol. The van der Waals surface area contributed by atoms with Crippen LogP contribution in [-0.2, 0) is 9.47 Å². The first-order valence-electron chi connectivity index (χ1n) is 5.48.